The third-order valence-corrected chi connectivity index (χ3v) is 7.42. The number of thioether (sulfide) groups is 1. The summed E-state index contributed by atoms with van der Waals surface area (Å²) < 4.78 is 5.29. The Morgan fingerprint density at radius 3 is 2.66 bits per heavy atom. The second-order valence-corrected chi connectivity index (χ2v) is 9.76. The molecule has 3 aromatic carbocycles. The highest BCUT2D eigenvalue weighted by Gasteiger charge is 2.27. The number of hydrogen-bond donors (Lipinski definition) is 0. The van der Waals surface area contributed by atoms with Gasteiger partial charge in [0.05, 0.1) is 29.6 Å². The van der Waals surface area contributed by atoms with E-state index < -0.39 is 0 Å². The van der Waals surface area contributed by atoms with Gasteiger partial charge in [0.15, 0.2) is 5.17 Å². The highest BCUT2D eigenvalue weighted by atomic mass is 35.5. The number of hydrogen-bond acceptors (Lipinski definition) is 5. The van der Waals surface area contributed by atoms with Crippen molar-refractivity contribution in [2.75, 3.05) is 19.4 Å². The molecule has 1 aliphatic heterocycles. The summed E-state index contributed by atoms with van der Waals surface area (Å²) in [6.07, 6.45) is 0.901. The first-order valence-corrected chi connectivity index (χ1v) is 12.7. The smallest absolute Gasteiger partial charge is 0.260 e. The Kier molecular flexibility index (Phi) is 6.75. The first kappa shape index (κ1) is 23.4. The number of aromatic nitrogens is 1. The third kappa shape index (κ3) is 4.90. The minimum absolute atomic E-state index is 0.0810. The number of amides is 1. The van der Waals surface area contributed by atoms with Gasteiger partial charge in [0.1, 0.15) is 5.75 Å². The van der Waals surface area contributed by atoms with Gasteiger partial charge in [-0.3, -0.25) is 9.69 Å². The Hall–Kier alpha value is -3.35. The number of amidine groups is 1. The molecule has 0 radical (unpaired) electrons. The molecule has 2 heterocycles. The average Bonchev–Trinajstić information content (AvgIpc) is 2.90. The number of para-hydroxylation sites is 1. The van der Waals surface area contributed by atoms with Crippen LogP contribution in [0, 0.1) is 6.92 Å². The summed E-state index contributed by atoms with van der Waals surface area (Å²) >= 11 is 7.91. The van der Waals surface area contributed by atoms with Gasteiger partial charge in [-0.05, 0) is 67.4 Å². The fraction of sp³-hybridized carbons (Fsp3) is 0.179. The van der Waals surface area contributed by atoms with E-state index in [0.29, 0.717) is 22.3 Å². The molecule has 1 aromatic heterocycles. The molecule has 176 valence electrons. The van der Waals surface area contributed by atoms with Crippen LogP contribution in [0.1, 0.15) is 22.3 Å². The number of methoxy groups -OCH3 is 1. The van der Waals surface area contributed by atoms with Gasteiger partial charge in [-0.15, -0.1) is 0 Å². The van der Waals surface area contributed by atoms with Crippen LogP contribution in [0.4, 0.5) is 5.69 Å². The molecule has 0 spiro atoms. The number of pyridine rings is 1. The lowest BCUT2D eigenvalue weighted by Gasteiger charge is -2.28. The summed E-state index contributed by atoms with van der Waals surface area (Å²) in [5.41, 5.74) is 4.77. The topological polar surface area (TPSA) is 54.8 Å². The molecule has 1 amide bonds. The van der Waals surface area contributed by atoms with Crippen LogP contribution in [0.25, 0.3) is 22.2 Å². The maximum absolute atomic E-state index is 14.0. The molecule has 0 saturated carbocycles. The summed E-state index contributed by atoms with van der Waals surface area (Å²) in [6, 6.07) is 23.0. The van der Waals surface area contributed by atoms with E-state index in [9.17, 15) is 4.79 Å². The van der Waals surface area contributed by atoms with E-state index >= 15 is 0 Å². The fourth-order valence-corrected chi connectivity index (χ4v) is 5.14. The molecule has 1 aliphatic rings. The van der Waals surface area contributed by atoms with Crippen molar-refractivity contribution >= 4 is 51.0 Å². The van der Waals surface area contributed by atoms with Crippen molar-refractivity contribution in [3.63, 3.8) is 0 Å². The van der Waals surface area contributed by atoms with Gasteiger partial charge >= 0.3 is 0 Å². The summed E-state index contributed by atoms with van der Waals surface area (Å²) in [7, 11) is 1.64. The predicted octanol–water partition coefficient (Wildman–Crippen LogP) is 7.14. The van der Waals surface area contributed by atoms with E-state index in [4.69, 9.17) is 26.3 Å². The SMILES string of the molecule is COc1ccc(-c2cc(C(=O)N3CCCSC3=Nc3ccc(C)c(Cl)c3)c3ccccc3n2)cc1. The number of benzene rings is 3. The van der Waals surface area contributed by atoms with Crippen molar-refractivity contribution in [3.8, 4) is 17.0 Å². The van der Waals surface area contributed by atoms with E-state index in [1.165, 1.54) is 0 Å². The highest BCUT2D eigenvalue weighted by Crippen LogP contribution is 2.30. The van der Waals surface area contributed by atoms with Crippen molar-refractivity contribution < 1.29 is 9.53 Å². The molecule has 0 bridgehead atoms. The minimum atomic E-state index is -0.0810. The minimum Gasteiger partial charge on any atom is -0.497 e. The Labute approximate surface area is 213 Å². The fourth-order valence-electron chi connectivity index (χ4n) is 4.01. The zero-order valence-corrected chi connectivity index (χ0v) is 21.1. The molecule has 5 nitrogen and oxygen atoms in total. The van der Waals surface area contributed by atoms with E-state index in [1.54, 1.807) is 23.8 Å². The van der Waals surface area contributed by atoms with Gasteiger partial charge < -0.3 is 4.74 Å². The van der Waals surface area contributed by atoms with Crippen molar-refractivity contribution in [3.05, 3.63) is 88.9 Å². The number of aryl methyl sites for hydroxylation is 1. The Morgan fingerprint density at radius 2 is 1.89 bits per heavy atom. The number of fused-ring (bicyclic) bond motifs is 1. The standard InChI is InChI=1S/C28H24ClN3O2S/c1-18-8-11-20(16-24(18)29)30-28-32(14-5-15-35-28)27(33)23-17-26(19-9-12-21(34-2)13-10-19)31-25-7-4-3-6-22(23)25/h3-4,6-13,16-17H,5,14-15H2,1-2H3. The molecule has 0 atom stereocenters. The van der Waals surface area contributed by atoms with Crippen LogP contribution in [0.5, 0.6) is 5.75 Å². The largest absolute Gasteiger partial charge is 0.497 e. The average molecular weight is 502 g/mol. The number of rotatable bonds is 4. The maximum Gasteiger partial charge on any atom is 0.260 e. The van der Waals surface area contributed by atoms with E-state index in [1.807, 2.05) is 79.7 Å². The zero-order chi connectivity index (χ0) is 24.4. The van der Waals surface area contributed by atoms with Crippen molar-refractivity contribution in [1.29, 1.82) is 0 Å². The first-order valence-electron chi connectivity index (χ1n) is 11.4. The summed E-state index contributed by atoms with van der Waals surface area (Å²) in [4.78, 5) is 25.4. The predicted molar refractivity (Wildman–Crippen MR) is 145 cm³/mol. The molecular weight excluding hydrogens is 478 g/mol. The zero-order valence-electron chi connectivity index (χ0n) is 19.5. The highest BCUT2D eigenvalue weighted by molar-refractivity contribution is 8.13. The van der Waals surface area contributed by atoms with Crippen LogP contribution < -0.4 is 4.74 Å². The van der Waals surface area contributed by atoms with Crippen LogP contribution in [0.2, 0.25) is 5.02 Å². The molecule has 0 unspecified atom stereocenters. The monoisotopic (exact) mass is 501 g/mol. The van der Waals surface area contributed by atoms with E-state index in [-0.39, 0.29) is 5.91 Å². The molecule has 7 heteroatoms. The lowest BCUT2D eigenvalue weighted by molar-refractivity contribution is 0.0851. The molecular formula is C28H24ClN3O2S. The van der Waals surface area contributed by atoms with Gasteiger partial charge in [-0.2, -0.15) is 0 Å². The summed E-state index contributed by atoms with van der Waals surface area (Å²) in [5, 5.41) is 2.17. The second kappa shape index (κ2) is 10.1. The molecule has 1 saturated heterocycles. The molecule has 0 aliphatic carbocycles. The van der Waals surface area contributed by atoms with Gasteiger partial charge in [-0.1, -0.05) is 47.6 Å². The van der Waals surface area contributed by atoms with Crippen molar-refractivity contribution in [2.24, 2.45) is 4.99 Å². The third-order valence-electron chi connectivity index (χ3n) is 5.95. The number of carbonyl (C=O) groups excluding carboxylic acids is 1. The Balaban J connectivity index is 1.57. The van der Waals surface area contributed by atoms with Gasteiger partial charge in [0.25, 0.3) is 5.91 Å². The van der Waals surface area contributed by atoms with Crippen molar-refractivity contribution in [2.45, 2.75) is 13.3 Å². The molecule has 35 heavy (non-hydrogen) atoms. The molecule has 5 rings (SSSR count). The van der Waals surface area contributed by atoms with E-state index in [2.05, 4.69) is 0 Å². The van der Waals surface area contributed by atoms with E-state index in [0.717, 1.165) is 51.3 Å². The number of halogens is 1. The Bertz CT molecular complexity index is 1440. The lowest BCUT2D eigenvalue weighted by atomic mass is 10.0. The quantitative estimate of drug-likeness (QED) is 0.298. The van der Waals surface area contributed by atoms with Crippen LogP contribution >= 0.6 is 23.4 Å². The molecule has 1 fully saturated rings. The number of nitrogens with zero attached hydrogens (tertiary/aromatic N) is 3. The van der Waals surface area contributed by atoms with Crippen LogP contribution in [0.15, 0.2) is 77.8 Å². The number of carbonyl (C=O) groups is 1. The van der Waals surface area contributed by atoms with Crippen LogP contribution in [-0.4, -0.2) is 40.4 Å². The number of ether oxygens (including phenoxy) is 1. The first-order chi connectivity index (χ1) is 17.0. The van der Waals surface area contributed by atoms with Crippen LogP contribution in [0.3, 0.4) is 0 Å². The van der Waals surface area contributed by atoms with Crippen LogP contribution in [-0.2, 0) is 0 Å². The summed E-state index contributed by atoms with van der Waals surface area (Å²) in [5.74, 6) is 1.60. The lowest BCUT2D eigenvalue weighted by Crippen LogP contribution is -2.39. The summed E-state index contributed by atoms with van der Waals surface area (Å²) in [6.45, 7) is 2.57. The van der Waals surface area contributed by atoms with Gasteiger partial charge in [-0.25, -0.2) is 9.98 Å². The normalized spacial score (nSPS) is 14.9. The molecule has 4 aromatic rings. The van der Waals surface area contributed by atoms with Gasteiger partial charge in [0, 0.05) is 28.3 Å². The van der Waals surface area contributed by atoms with Crippen molar-refractivity contribution in [1.82, 2.24) is 9.88 Å². The number of aliphatic imine (C=N–C) groups is 1. The second-order valence-electron chi connectivity index (χ2n) is 8.29. The Morgan fingerprint density at radius 1 is 1.09 bits per heavy atom. The maximum atomic E-state index is 14.0. The molecule has 0 N–H and O–H groups in total. The van der Waals surface area contributed by atoms with Gasteiger partial charge in [0.2, 0.25) is 0 Å².